The standard InChI is InChI=1S/C17H21N5O3/c23-14(10-12-4-1-2-5-12)22-8-9-24-13(11-22)17-20-16(21-25-17)15-18-6-3-7-19-15/h3,6-7,12-13H,1-2,4-5,8-11H2. The number of amides is 1. The first-order valence-corrected chi connectivity index (χ1v) is 8.80. The third-order valence-electron chi connectivity index (χ3n) is 4.84. The zero-order valence-corrected chi connectivity index (χ0v) is 14.0. The molecule has 8 heteroatoms. The maximum Gasteiger partial charge on any atom is 0.258 e. The average molecular weight is 343 g/mol. The van der Waals surface area contributed by atoms with Gasteiger partial charge in [0.2, 0.25) is 17.6 Å². The van der Waals surface area contributed by atoms with Gasteiger partial charge < -0.3 is 14.2 Å². The molecule has 8 nitrogen and oxygen atoms in total. The molecule has 2 fully saturated rings. The van der Waals surface area contributed by atoms with Crippen molar-refractivity contribution in [2.24, 2.45) is 5.92 Å². The lowest BCUT2D eigenvalue weighted by atomic mass is 10.0. The molecule has 0 aromatic carbocycles. The van der Waals surface area contributed by atoms with Crippen molar-refractivity contribution in [3.63, 3.8) is 0 Å². The Kier molecular flexibility index (Phi) is 4.69. The highest BCUT2D eigenvalue weighted by Gasteiger charge is 2.31. The largest absolute Gasteiger partial charge is 0.365 e. The van der Waals surface area contributed by atoms with Gasteiger partial charge >= 0.3 is 0 Å². The van der Waals surface area contributed by atoms with Crippen molar-refractivity contribution in [3.8, 4) is 11.6 Å². The minimum atomic E-state index is -0.397. The van der Waals surface area contributed by atoms with Crippen LogP contribution in [-0.4, -0.2) is 50.6 Å². The third kappa shape index (κ3) is 3.68. The highest BCUT2D eigenvalue weighted by atomic mass is 16.5. The summed E-state index contributed by atoms with van der Waals surface area (Å²) in [5.41, 5.74) is 0. The number of hydrogen-bond acceptors (Lipinski definition) is 7. The van der Waals surface area contributed by atoms with E-state index in [1.54, 1.807) is 18.5 Å². The molecule has 132 valence electrons. The summed E-state index contributed by atoms with van der Waals surface area (Å²) >= 11 is 0. The van der Waals surface area contributed by atoms with Crippen molar-refractivity contribution >= 4 is 5.91 Å². The number of carbonyl (C=O) groups is 1. The molecule has 25 heavy (non-hydrogen) atoms. The molecular weight excluding hydrogens is 322 g/mol. The Morgan fingerprint density at radius 1 is 1.20 bits per heavy atom. The van der Waals surface area contributed by atoms with Crippen LogP contribution in [0.2, 0.25) is 0 Å². The van der Waals surface area contributed by atoms with E-state index in [1.807, 2.05) is 4.90 Å². The van der Waals surface area contributed by atoms with E-state index in [2.05, 4.69) is 20.1 Å². The summed E-state index contributed by atoms with van der Waals surface area (Å²) in [4.78, 5) is 26.9. The van der Waals surface area contributed by atoms with Gasteiger partial charge in [-0.05, 0) is 24.8 Å². The smallest absolute Gasteiger partial charge is 0.258 e. The monoisotopic (exact) mass is 343 g/mol. The quantitative estimate of drug-likeness (QED) is 0.838. The lowest BCUT2D eigenvalue weighted by Crippen LogP contribution is -2.42. The van der Waals surface area contributed by atoms with Crippen LogP contribution in [0.1, 0.15) is 44.1 Å². The summed E-state index contributed by atoms with van der Waals surface area (Å²) in [5.74, 6) is 1.84. The Morgan fingerprint density at radius 2 is 2.00 bits per heavy atom. The van der Waals surface area contributed by atoms with E-state index in [4.69, 9.17) is 9.26 Å². The summed E-state index contributed by atoms with van der Waals surface area (Å²) in [6.07, 6.45) is 8.32. The number of aromatic nitrogens is 4. The lowest BCUT2D eigenvalue weighted by Gasteiger charge is -2.31. The van der Waals surface area contributed by atoms with Gasteiger partial charge in [-0.25, -0.2) is 9.97 Å². The van der Waals surface area contributed by atoms with Gasteiger partial charge in [-0.15, -0.1) is 0 Å². The fraction of sp³-hybridized carbons (Fsp3) is 0.588. The van der Waals surface area contributed by atoms with Crippen LogP contribution in [0.3, 0.4) is 0 Å². The van der Waals surface area contributed by atoms with Gasteiger partial charge in [0, 0.05) is 25.4 Å². The molecule has 1 aliphatic heterocycles. The number of morpholine rings is 1. The number of rotatable bonds is 4. The van der Waals surface area contributed by atoms with Gasteiger partial charge in [0.05, 0.1) is 13.2 Å². The number of hydrogen-bond donors (Lipinski definition) is 0. The van der Waals surface area contributed by atoms with E-state index in [0.29, 0.717) is 49.6 Å². The minimum Gasteiger partial charge on any atom is -0.365 e. The van der Waals surface area contributed by atoms with Gasteiger partial charge in [-0.3, -0.25) is 4.79 Å². The Morgan fingerprint density at radius 3 is 2.80 bits per heavy atom. The van der Waals surface area contributed by atoms with Gasteiger partial charge in [0.25, 0.3) is 5.89 Å². The zero-order valence-electron chi connectivity index (χ0n) is 14.0. The van der Waals surface area contributed by atoms with Crippen LogP contribution in [0, 0.1) is 5.92 Å². The average Bonchev–Trinajstić information content (AvgIpc) is 3.34. The molecule has 0 bridgehead atoms. The van der Waals surface area contributed by atoms with E-state index in [-0.39, 0.29) is 5.91 Å². The molecule has 1 atom stereocenters. The summed E-state index contributed by atoms with van der Waals surface area (Å²) in [6, 6.07) is 1.72. The van der Waals surface area contributed by atoms with Gasteiger partial charge in [0.15, 0.2) is 6.10 Å². The zero-order chi connectivity index (χ0) is 17.1. The predicted octanol–water partition coefficient (Wildman–Crippen LogP) is 2.01. The molecule has 1 saturated carbocycles. The fourth-order valence-electron chi connectivity index (χ4n) is 3.49. The van der Waals surface area contributed by atoms with Gasteiger partial charge in [-0.1, -0.05) is 18.0 Å². The van der Waals surface area contributed by atoms with Crippen LogP contribution in [0.4, 0.5) is 0 Å². The fourth-order valence-corrected chi connectivity index (χ4v) is 3.49. The summed E-state index contributed by atoms with van der Waals surface area (Å²) < 4.78 is 11.0. The number of carbonyl (C=O) groups excluding carboxylic acids is 1. The molecule has 0 spiro atoms. The van der Waals surface area contributed by atoms with E-state index in [0.717, 1.165) is 0 Å². The Balaban J connectivity index is 1.41. The van der Waals surface area contributed by atoms with Gasteiger partial charge in [-0.2, -0.15) is 4.98 Å². The maximum atomic E-state index is 12.5. The van der Waals surface area contributed by atoms with E-state index < -0.39 is 6.10 Å². The summed E-state index contributed by atoms with van der Waals surface area (Å²) in [7, 11) is 0. The first-order valence-electron chi connectivity index (χ1n) is 8.80. The van der Waals surface area contributed by atoms with E-state index >= 15 is 0 Å². The molecule has 1 aliphatic carbocycles. The SMILES string of the molecule is O=C(CC1CCCC1)N1CCOC(c2nc(-c3ncccn3)no2)C1. The van der Waals surface area contributed by atoms with Crippen molar-refractivity contribution in [1.29, 1.82) is 0 Å². The normalized spacial score (nSPS) is 21.6. The second-order valence-corrected chi connectivity index (χ2v) is 6.58. The number of ether oxygens (including phenoxy) is 1. The molecule has 2 aromatic heterocycles. The molecule has 1 saturated heterocycles. The molecule has 1 amide bonds. The van der Waals surface area contributed by atoms with Gasteiger partial charge in [0.1, 0.15) is 0 Å². The van der Waals surface area contributed by atoms with Crippen LogP contribution in [0.15, 0.2) is 23.0 Å². The third-order valence-corrected chi connectivity index (χ3v) is 4.84. The van der Waals surface area contributed by atoms with Crippen molar-refractivity contribution in [1.82, 2.24) is 25.0 Å². The maximum absolute atomic E-state index is 12.5. The topological polar surface area (TPSA) is 94.2 Å². The van der Waals surface area contributed by atoms with Crippen molar-refractivity contribution < 1.29 is 14.1 Å². The summed E-state index contributed by atoms with van der Waals surface area (Å²) in [5, 5.41) is 3.92. The highest BCUT2D eigenvalue weighted by molar-refractivity contribution is 5.76. The second kappa shape index (κ2) is 7.26. The molecule has 2 aliphatic rings. The van der Waals surface area contributed by atoms with Crippen LogP contribution in [-0.2, 0) is 9.53 Å². The molecule has 0 radical (unpaired) electrons. The van der Waals surface area contributed by atoms with Crippen LogP contribution < -0.4 is 0 Å². The Bertz CT molecular complexity index is 714. The highest BCUT2D eigenvalue weighted by Crippen LogP contribution is 2.29. The van der Waals surface area contributed by atoms with E-state index in [9.17, 15) is 4.79 Å². The van der Waals surface area contributed by atoms with Crippen molar-refractivity contribution in [2.75, 3.05) is 19.7 Å². The van der Waals surface area contributed by atoms with Crippen molar-refractivity contribution in [2.45, 2.75) is 38.2 Å². The van der Waals surface area contributed by atoms with Crippen LogP contribution in [0.25, 0.3) is 11.6 Å². The molecule has 0 N–H and O–H groups in total. The predicted molar refractivity (Wildman–Crippen MR) is 87.2 cm³/mol. The molecule has 4 rings (SSSR count). The number of nitrogens with zero attached hydrogens (tertiary/aromatic N) is 5. The molecule has 3 heterocycles. The van der Waals surface area contributed by atoms with Crippen molar-refractivity contribution in [3.05, 3.63) is 24.4 Å². The second-order valence-electron chi connectivity index (χ2n) is 6.58. The molecule has 1 unspecified atom stereocenters. The first kappa shape index (κ1) is 16.1. The lowest BCUT2D eigenvalue weighted by molar-refractivity contribution is -0.141. The van der Waals surface area contributed by atoms with Crippen LogP contribution in [0.5, 0.6) is 0 Å². The van der Waals surface area contributed by atoms with Crippen LogP contribution >= 0.6 is 0 Å². The first-order chi connectivity index (χ1) is 12.3. The molecular formula is C17H21N5O3. The minimum absolute atomic E-state index is 0.200. The molecule has 2 aromatic rings. The Labute approximate surface area is 145 Å². The van der Waals surface area contributed by atoms with E-state index in [1.165, 1.54) is 25.7 Å². The summed E-state index contributed by atoms with van der Waals surface area (Å²) in [6.45, 7) is 1.54. The Hall–Kier alpha value is -2.35.